The summed E-state index contributed by atoms with van der Waals surface area (Å²) < 4.78 is 6.37. The van der Waals surface area contributed by atoms with Crippen LogP contribution in [0.5, 0.6) is 0 Å². The Morgan fingerprint density at radius 2 is 1.68 bits per heavy atom. The number of rotatable bonds is 5. The van der Waals surface area contributed by atoms with E-state index in [0.717, 1.165) is 10.0 Å². The van der Waals surface area contributed by atoms with Crippen molar-refractivity contribution in [2.75, 3.05) is 0 Å². The highest BCUT2D eigenvalue weighted by Gasteiger charge is 2.22. The van der Waals surface area contributed by atoms with E-state index >= 15 is 0 Å². The fourth-order valence-electron chi connectivity index (χ4n) is 3.25. The van der Waals surface area contributed by atoms with Gasteiger partial charge in [0.25, 0.3) is 0 Å². The zero-order chi connectivity index (χ0) is 22.0. The molecule has 0 fully saturated rings. The molecule has 1 aromatic heterocycles. The smallest absolute Gasteiger partial charge is 0.339 e. The number of halogens is 2. The number of carbonyl (C=O) groups is 2. The van der Waals surface area contributed by atoms with Gasteiger partial charge in [-0.25, -0.2) is 9.78 Å². The number of hydrogen-bond acceptors (Lipinski definition) is 4. The molecule has 4 aromatic rings. The second-order valence-corrected chi connectivity index (χ2v) is 8.35. The van der Waals surface area contributed by atoms with E-state index < -0.39 is 12.1 Å². The molecule has 0 aliphatic carbocycles. The molecule has 1 heterocycles. The Morgan fingerprint density at radius 1 is 0.968 bits per heavy atom. The van der Waals surface area contributed by atoms with Gasteiger partial charge in [-0.3, -0.25) is 4.79 Å². The Morgan fingerprint density at radius 3 is 2.39 bits per heavy atom. The van der Waals surface area contributed by atoms with Crippen LogP contribution in [-0.2, 0) is 4.74 Å². The van der Waals surface area contributed by atoms with Gasteiger partial charge in [-0.15, -0.1) is 0 Å². The van der Waals surface area contributed by atoms with Crippen molar-refractivity contribution in [3.63, 3.8) is 0 Å². The maximum Gasteiger partial charge on any atom is 0.339 e. The third-order valence-electron chi connectivity index (χ3n) is 4.84. The van der Waals surface area contributed by atoms with Gasteiger partial charge in [0.15, 0.2) is 6.10 Å². The number of Topliss-reactive ketones (excluding diaryl/α,β-unsaturated/α-hetero) is 1. The summed E-state index contributed by atoms with van der Waals surface area (Å²) in [4.78, 5) is 30.4. The van der Waals surface area contributed by atoms with Crippen LogP contribution in [0.2, 0.25) is 5.02 Å². The van der Waals surface area contributed by atoms with Gasteiger partial charge in [0.05, 0.1) is 16.8 Å². The molecule has 0 amide bonds. The van der Waals surface area contributed by atoms with Crippen LogP contribution in [0.1, 0.15) is 27.6 Å². The quantitative estimate of drug-likeness (QED) is 0.227. The van der Waals surface area contributed by atoms with Crippen molar-refractivity contribution in [3.05, 3.63) is 99.5 Å². The minimum atomic E-state index is -0.927. The molecule has 0 aliphatic rings. The van der Waals surface area contributed by atoms with Crippen molar-refractivity contribution in [3.8, 4) is 11.3 Å². The van der Waals surface area contributed by atoms with Crippen LogP contribution in [0.25, 0.3) is 22.2 Å². The van der Waals surface area contributed by atoms with Crippen LogP contribution in [0.4, 0.5) is 0 Å². The lowest BCUT2D eigenvalue weighted by Crippen LogP contribution is -2.24. The topological polar surface area (TPSA) is 56.3 Å². The summed E-state index contributed by atoms with van der Waals surface area (Å²) in [5, 5.41) is 1.25. The van der Waals surface area contributed by atoms with E-state index in [1.54, 1.807) is 49.4 Å². The highest BCUT2D eigenvalue weighted by atomic mass is 79.9. The Labute approximate surface area is 193 Å². The normalized spacial score (nSPS) is 11.8. The highest BCUT2D eigenvalue weighted by molar-refractivity contribution is 9.10. The molecule has 1 unspecified atom stereocenters. The number of fused-ring (bicyclic) bond motifs is 1. The first-order valence-electron chi connectivity index (χ1n) is 9.59. The minimum Gasteiger partial charge on any atom is -0.451 e. The number of pyridine rings is 1. The van der Waals surface area contributed by atoms with Gasteiger partial charge in [0.1, 0.15) is 0 Å². The van der Waals surface area contributed by atoms with Crippen molar-refractivity contribution in [1.82, 2.24) is 4.98 Å². The number of ketones is 1. The maximum absolute atomic E-state index is 13.1. The number of benzene rings is 3. The molecule has 0 spiro atoms. The van der Waals surface area contributed by atoms with E-state index in [1.165, 1.54) is 0 Å². The number of hydrogen-bond donors (Lipinski definition) is 0. The molecule has 0 aliphatic heterocycles. The van der Waals surface area contributed by atoms with E-state index in [-0.39, 0.29) is 5.78 Å². The summed E-state index contributed by atoms with van der Waals surface area (Å²) in [5.41, 5.74) is 2.90. The summed E-state index contributed by atoms with van der Waals surface area (Å²) >= 11 is 9.44. The molecular formula is C25H17BrClNO3. The Balaban J connectivity index is 1.72. The predicted molar refractivity (Wildman–Crippen MR) is 126 cm³/mol. The summed E-state index contributed by atoms with van der Waals surface area (Å²) in [7, 11) is 0. The summed E-state index contributed by atoms with van der Waals surface area (Å²) in [6.07, 6.45) is -0.927. The third kappa shape index (κ3) is 4.68. The van der Waals surface area contributed by atoms with Gasteiger partial charge in [-0.05, 0) is 43.3 Å². The van der Waals surface area contributed by atoms with Crippen LogP contribution < -0.4 is 0 Å². The number of esters is 1. The molecule has 154 valence electrons. The van der Waals surface area contributed by atoms with Gasteiger partial charge in [0, 0.05) is 26.0 Å². The fourth-order valence-corrected chi connectivity index (χ4v) is 3.74. The number of aromatic nitrogens is 1. The van der Waals surface area contributed by atoms with Crippen molar-refractivity contribution in [2.24, 2.45) is 0 Å². The lowest BCUT2D eigenvalue weighted by atomic mass is 10.0. The SMILES string of the molecule is CC(OC(=O)c1cc(-c2ccc(Cl)cc2)nc2ccc(Br)cc12)C(=O)c1ccccc1. The summed E-state index contributed by atoms with van der Waals surface area (Å²) in [5.74, 6) is -0.844. The molecule has 31 heavy (non-hydrogen) atoms. The molecule has 0 N–H and O–H groups in total. The van der Waals surface area contributed by atoms with Crippen LogP contribution in [0.3, 0.4) is 0 Å². The van der Waals surface area contributed by atoms with Gasteiger partial charge >= 0.3 is 5.97 Å². The predicted octanol–water partition coefficient (Wildman–Crippen LogP) is 6.75. The third-order valence-corrected chi connectivity index (χ3v) is 5.59. The standard InChI is InChI=1S/C25H17BrClNO3/c1-15(24(29)17-5-3-2-4-6-17)31-25(30)21-14-23(16-7-10-19(27)11-8-16)28-22-12-9-18(26)13-20(21)22/h2-15H,1H3. The molecule has 6 heteroatoms. The van der Waals surface area contributed by atoms with Crippen LogP contribution in [0, 0.1) is 0 Å². The lowest BCUT2D eigenvalue weighted by molar-refractivity contribution is 0.0320. The molecule has 0 radical (unpaired) electrons. The van der Waals surface area contributed by atoms with E-state index in [9.17, 15) is 9.59 Å². The van der Waals surface area contributed by atoms with Gasteiger partial charge in [-0.1, -0.05) is 70.0 Å². The zero-order valence-corrected chi connectivity index (χ0v) is 18.9. The minimum absolute atomic E-state index is 0.258. The summed E-state index contributed by atoms with van der Waals surface area (Å²) in [6, 6.07) is 23.2. The fraction of sp³-hybridized carbons (Fsp3) is 0.0800. The number of ether oxygens (including phenoxy) is 1. The highest BCUT2D eigenvalue weighted by Crippen LogP contribution is 2.28. The van der Waals surface area contributed by atoms with Crippen LogP contribution in [-0.4, -0.2) is 22.8 Å². The first kappa shape index (κ1) is 21.2. The Kier molecular flexibility index (Phi) is 6.16. The van der Waals surface area contributed by atoms with Crippen molar-refractivity contribution >= 4 is 50.2 Å². The van der Waals surface area contributed by atoms with Crippen molar-refractivity contribution in [1.29, 1.82) is 0 Å². The molecule has 4 nitrogen and oxygen atoms in total. The van der Waals surface area contributed by atoms with Gasteiger partial charge in [0.2, 0.25) is 5.78 Å². The maximum atomic E-state index is 13.1. The average Bonchev–Trinajstić information content (AvgIpc) is 2.78. The molecule has 3 aromatic carbocycles. The molecule has 4 rings (SSSR count). The van der Waals surface area contributed by atoms with Crippen molar-refractivity contribution in [2.45, 2.75) is 13.0 Å². The average molecular weight is 495 g/mol. The van der Waals surface area contributed by atoms with E-state index in [2.05, 4.69) is 20.9 Å². The van der Waals surface area contributed by atoms with Gasteiger partial charge < -0.3 is 4.74 Å². The van der Waals surface area contributed by atoms with Crippen LogP contribution >= 0.6 is 27.5 Å². The molecule has 0 saturated heterocycles. The second-order valence-electron chi connectivity index (χ2n) is 7.00. The summed E-state index contributed by atoms with van der Waals surface area (Å²) in [6.45, 7) is 1.58. The number of carbonyl (C=O) groups excluding carboxylic acids is 2. The number of nitrogens with zero attached hydrogens (tertiary/aromatic N) is 1. The van der Waals surface area contributed by atoms with Crippen LogP contribution in [0.15, 0.2) is 83.3 Å². The molecule has 0 bridgehead atoms. The first-order chi connectivity index (χ1) is 14.9. The monoisotopic (exact) mass is 493 g/mol. The molecular weight excluding hydrogens is 478 g/mol. The Bertz CT molecular complexity index is 1270. The Hall–Kier alpha value is -3.02. The van der Waals surface area contributed by atoms with E-state index in [0.29, 0.717) is 32.7 Å². The zero-order valence-electron chi connectivity index (χ0n) is 16.5. The van der Waals surface area contributed by atoms with E-state index in [1.807, 2.05) is 36.4 Å². The second kappa shape index (κ2) is 9.00. The first-order valence-corrected chi connectivity index (χ1v) is 10.8. The molecule has 1 atom stereocenters. The van der Waals surface area contributed by atoms with E-state index in [4.69, 9.17) is 16.3 Å². The van der Waals surface area contributed by atoms with Crippen molar-refractivity contribution < 1.29 is 14.3 Å². The molecule has 0 saturated carbocycles. The van der Waals surface area contributed by atoms with Gasteiger partial charge in [-0.2, -0.15) is 0 Å². The largest absolute Gasteiger partial charge is 0.451 e. The lowest BCUT2D eigenvalue weighted by Gasteiger charge is -2.14.